The molecule has 356 valence electrons. The number of carbonyl (C=O) groups excluding carboxylic acids is 1. The van der Waals surface area contributed by atoms with Gasteiger partial charge >= 0.3 is 6.09 Å². The summed E-state index contributed by atoms with van der Waals surface area (Å²) in [5, 5.41) is 13.5. The van der Waals surface area contributed by atoms with Gasteiger partial charge in [0.2, 0.25) is 0 Å². The second-order valence-corrected chi connectivity index (χ2v) is 13.9. The maximum absolute atomic E-state index is 12.3. The number of alkyl carbamates (subject to hydrolysis) is 1. The maximum atomic E-state index is 12.3. The lowest BCUT2D eigenvalue weighted by Gasteiger charge is -2.14. The largest absolute Gasteiger partial charge is 0.491 e. The Morgan fingerprint density at radius 3 is 1.19 bits per heavy atom. The number of benzene rings is 3. The van der Waals surface area contributed by atoms with Gasteiger partial charge in [-0.1, -0.05) is 48.5 Å². The second-order valence-electron chi connectivity index (χ2n) is 13.9. The van der Waals surface area contributed by atoms with E-state index in [1.807, 2.05) is 24.3 Å². The fourth-order valence-electron chi connectivity index (χ4n) is 6.20. The Kier molecular flexibility index (Phi) is 28.6. The first kappa shape index (κ1) is 52.3. The molecule has 0 fully saturated rings. The number of nitrogens with one attached hydrogen (secondary N) is 1. The number of hydrogen-bond acceptors (Lipinski definition) is 16. The summed E-state index contributed by atoms with van der Waals surface area (Å²) in [5.41, 5.74) is 4.81. The van der Waals surface area contributed by atoms with Gasteiger partial charge < -0.3 is 66.9 Å². The molecule has 0 aliphatic heterocycles. The van der Waals surface area contributed by atoms with Crippen LogP contribution in [-0.2, 0) is 56.8 Å². The van der Waals surface area contributed by atoms with Gasteiger partial charge in [0.05, 0.1) is 144 Å². The molecule has 1 amide bonds. The van der Waals surface area contributed by atoms with Gasteiger partial charge in [-0.05, 0) is 40.8 Å². The van der Waals surface area contributed by atoms with E-state index in [4.69, 9.17) is 61.6 Å². The van der Waals surface area contributed by atoms with Crippen LogP contribution < -0.4 is 10.1 Å². The summed E-state index contributed by atoms with van der Waals surface area (Å²) in [5.74, 6) is 0.593. The molecule has 3 aromatic carbocycles. The standard InChI is InChI=1S/C46H66N2O16/c49-46(64-38-45-43-8-3-1-6-41(43)42-7-2-4-9-44(42)45)47-14-5-15-52-16-17-53-18-19-54-20-21-55-22-23-56-24-25-57-26-27-58-28-29-59-30-31-60-32-33-61-34-35-62-36-37-63-40-12-10-39(11-13-40)48(50)51/h1-4,6-13,45H,5,14-38H2,(H,47,49). The molecule has 0 spiro atoms. The fourth-order valence-corrected chi connectivity index (χ4v) is 6.20. The van der Waals surface area contributed by atoms with Crippen molar-refractivity contribution in [2.45, 2.75) is 12.3 Å². The number of non-ortho nitro benzene ring substituents is 1. The van der Waals surface area contributed by atoms with Crippen molar-refractivity contribution in [3.8, 4) is 16.9 Å². The molecule has 1 N–H and O–H groups in total. The van der Waals surface area contributed by atoms with Crippen molar-refractivity contribution in [2.75, 3.05) is 165 Å². The first-order chi connectivity index (χ1) is 31.6. The van der Waals surface area contributed by atoms with Gasteiger partial charge in [-0.15, -0.1) is 0 Å². The van der Waals surface area contributed by atoms with E-state index in [9.17, 15) is 14.9 Å². The zero-order valence-electron chi connectivity index (χ0n) is 36.9. The second kappa shape index (κ2) is 35.0. The lowest BCUT2D eigenvalue weighted by molar-refractivity contribution is -0.384. The summed E-state index contributed by atoms with van der Waals surface area (Å²) in [6.45, 7) is 11.3. The van der Waals surface area contributed by atoms with Gasteiger partial charge in [-0.25, -0.2) is 4.79 Å². The van der Waals surface area contributed by atoms with Gasteiger partial charge in [-0.3, -0.25) is 10.1 Å². The predicted molar refractivity (Wildman–Crippen MR) is 235 cm³/mol. The summed E-state index contributed by atoms with van der Waals surface area (Å²) in [6.07, 6.45) is 0.254. The molecule has 0 saturated carbocycles. The van der Waals surface area contributed by atoms with Crippen LogP contribution in [0.3, 0.4) is 0 Å². The van der Waals surface area contributed by atoms with Gasteiger partial charge in [0.1, 0.15) is 19.0 Å². The van der Waals surface area contributed by atoms with Crippen LogP contribution in [0.25, 0.3) is 11.1 Å². The minimum atomic E-state index is -0.454. The van der Waals surface area contributed by atoms with Gasteiger partial charge in [0, 0.05) is 31.2 Å². The SMILES string of the molecule is O=C(NCCCOCCOCCOCCOCCOCCOCCOCCOCCOCCOCCOCCOc1ccc([N+](=O)[O-])cc1)OCC1c2ccccc2-c2ccccc21. The van der Waals surface area contributed by atoms with Crippen molar-refractivity contribution >= 4 is 11.8 Å². The highest BCUT2D eigenvalue weighted by Crippen LogP contribution is 2.44. The normalized spacial score (nSPS) is 12.0. The Morgan fingerprint density at radius 1 is 0.469 bits per heavy atom. The number of nitrogens with zero attached hydrogens (tertiary/aromatic N) is 1. The average molecular weight is 903 g/mol. The van der Waals surface area contributed by atoms with E-state index >= 15 is 0 Å². The average Bonchev–Trinajstić information content (AvgIpc) is 3.63. The van der Waals surface area contributed by atoms with Crippen LogP contribution in [0.1, 0.15) is 23.5 Å². The van der Waals surface area contributed by atoms with Crippen molar-refractivity contribution in [3.63, 3.8) is 0 Å². The van der Waals surface area contributed by atoms with Crippen LogP contribution in [0, 0.1) is 10.1 Å². The number of nitro groups is 1. The van der Waals surface area contributed by atoms with Crippen LogP contribution in [0.4, 0.5) is 10.5 Å². The van der Waals surface area contributed by atoms with Crippen molar-refractivity contribution < 1.29 is 71.3 Å². The summed E-state index contributed by atoms with van der Waals surface area (Å²) < 4.78 is 71.6. The number of amides is 1. The Morgan fingerprint density at radius 2 is 0.812 bits per heavy atom. The lowest BCUT2D eigenvalue weighted by atomic mass is 9.98. The molecule has 0 bridgehead atoms. The monoisotopic (exact) mass is 902 g/mol. The molecule has 0 saturated heterocycles. The zero-order valence-corrected chi connectivity index (χ0v) is 36.9. The van der Waals surface area contributed by atoms with E-state index in [1.165, 1.54) is 34.4 Å². The lowest BCUT2D eigenvalue weighted by Crippen LogP contribution is -2.27. The summed E-state index contributed by atoms with van der Waals surface area (Å²) in [4.78, 5) is 22.5. The smallest absolute Gasteiger partial charge is 0.407 e. The third-order valence-corrected chi connectivity index (χ3v) is 9.34. The molecule has 4 rings (SSSR count). The quantitative estimate of drug-likeness (QED) is 0.0450. The molecule has 0 aromatic heterocycles. The molecule has 18 heteroatoms. The Labute approximate surface area is 376 Å². The van der Waals surface area contributed by atoms with E-state index < -0.39 is 11.0 Å². The first-order valence-electron chi connectivity index (χ1n) is 21.9. The molecule has 0 atom stereocenters. The minimum Gasteiger partial charge on any atom is -0.491 e. The van der Waals surface area contributed by atoms with Crippen molar-refractivity contribution in [3.05, 3.63) is 94.0 Å². The molecule has 1 aliphatic rings. The van der Waals surface area contributed by atoms with Crippen LogP contribution in [0.5, 0.6) is 5.75 Å². The zero-order chi connectivity index (χ0) is 45.0. The molecule has 1 aliphatic carbocycles. The van der Waals surface area contributed by atoms with Crippen LogP contribution in [0.2, 0.25) is 0 Å². The number of fused-ring (bicyclic) bond motifs is 3. The number of rotatable bonds is 41. The third kappa shape index (κ3) is 23.0. The molecule has 0 unspecified atom stereocenters. The van der Waals surface area contributed by atoms with Gasteiger partial charge in [0.15, 0.2) is 0 Å². The van der Waals surface area contributed by atoms with E-state index in [2.05, 4.69) is 29.6 Å². The van der Waals surface area contributed by atoms with Crippen molar-refractivity contribution in [2.24, 2.45) is 0 Å². The third-order valence-electron chi connectivity index (χ3n) is 9.34. The number of hydrogen-bond donors (Lipinski definition) is 1. The number of ether oxygens (including phenoxy) is 13. The van der Waals surface area contributed by atoms with E-state index in [0.29, 0.717) is 177 Å². The Hall–Kier alpha value is -4.31. The molecule has 18 nitrogen and oxygen atoms in total. The highest BCUT2D eigenvalue weighted by Gasteiger charge is 2.29. The van der Waals surface area contributed by atoms with E-state index in [1.54, 1.807) is 12.1 Å². The Bertz CT molecular complexity index is 1610. The predicted octanol–water partition coefficient (Wildman–Crippen LogP) is 5.09. The van der Waals surface area contributed by atoms with Crippen LogP contribution >= 0.6 is 0 Å². The molecular formula is C46H66N2O16. The van der Waals surface area contributed by atoms with Gasteiger partial charge in [-0.2, -0.15) is 0 Å². The summed E-state index contributed by atoms with van der Waals surface area (Å²) in [6, 6.07) is 22.4. The van der Waals surface area contributed by atoms with Crippen LogP contribution in [-0.4, -0.2) is 176 Å². The Balaban J connectivity index is 0.760. The molecule has 64 heavy (non-hydrogen) atoms. The van der Waals surface area contributed by atoms with Gasteiger partial charge in [0.25, 0.3) is 5.69 Å². The maximum Gasteiger partial charge on any atom is 0.407 e. The molecular weight excluding hydrogens is 837 g/mol. The van der Waals surface area contributed by atoms with E-state index in [0.717, 1.165) is 0 Å². The van der Waals surface area contributed by atoms with Crippen LogP contribution in [0.15, 0.2) is 72.8 Å². The van der Waals surface area contributed by atoms with E-state index in [-0.39, 0.29) is 11.6 Å². The fraction of sp³-hybridized carbons (Fsp3) is 0.587. The summed E-state index contributed by atoms with van der Waals surface area (Å²) >= 11 is 0. The molecule has 0 radical (unpaired) electrons. The highest BCUT2D eigenvalue weighted by molar-refractivity contribution is 5.79. The first-order valence-corrected chi connectivity index (χ1v) is 21.9. The molecule has 3 aromatic rings. The van der Waals surface area contributed by atoms with Crippen molar-refractivity contribution in [1.29, 1.82) is 0 Å². The molecule has 0 heterocycles. The minimum absolute atomic E-state index is 0.0212. The topological polar surface area (TPSA) is 192 Å². The van der Waals surface area contributed by atoms with Crippen molar-refractivity contribution in [1.82, 2.24) is 5.32 Å². The number of nitro benzene ring substituents is 1. The summed E-state index contributed by atoms with van der Waals surface area (Å²) in [7, 11) is 0. The highest BCUT2D eigenvalue weighted by atomic mass is 16.6. The number of carbonyl (C=O) groups is 1.